The van der Waals surface area contributed by atoms with Crippen molar-refractivity contribution in [2.45, 2.75) is 24.7 Å². The third-order valence-electron chi connectivity index (χ3n) is 3.95. The number of halogens is 3. The molecular formula is C19H19F3N4O2S2. The largest absolute Gasteiger partial charge is 0.491 e. The van der Waals surface area contributed by atoms with Crippen LogP contribution in [-0.2, 0) is 18.0 Å². The second kappa shape index (κ2) is 9.52. The summed E-state index contributed by atoms with van der Waals surface area (Å²) in [6.45, 7) is 2.21. The normalized spacial score (nSPS) is 11.5. The van der Waals surface area contributed by atoms with E-state index in [9.17, 15) is 18.0 Å². The lowest BCUT2D eigenvalue weighted by Gasteiger charge is -2.15. The first-order valence-corrected chi connectivity index (χ1v) is 10.9. The molecule has 3 rings (SSSR count). The molecule has 0 fully saturated rings. The highest BCUT2D eigenvalue weighted by Gasteiger charge is 2.31. The van der Waals surface area contributed by atoms with Crippen molar-refractivity contribution in [1.29, 1.82) is 0 Å². The van der Waals surface area contributed by atoms with E-state index < -0.39 is 17.6 Å². The van der Waals surface area contributed by atoms with Crippen molar-refractivity contribution in [1.82, 2.24) is 14.8 Å². The molecule has 11 heteroatoms. The molecule has 30 heavy (non-hydrogen) atoms. The Morgan fingerprint density at radius 2 is 2.10 bits per heavy atom. The van der Waals surface area contributed by atoms with E-state index in [0.717, 1.165) is 28.8 Å². The van der Waals surface area contributed by atoms with E-state index >= 15 is 0 Å². The van der Waals surface area contributed by atoms with E-state index in [0.29, 0.717) is 24.0 Å². The number of amides is 1. The number of thiophene rings is 1. The monoisotopic (exact) mass is 456 g/mol. The summed E-state index contributed by atoms with van der Waals surface area (Å²) in [5.41, 5.74) is -0.871. The number of anilines is 1. The maximum Gasteiger partial charge on any atom is 0.416 e. The summed E-state index contributed by atoms with van der Waals surface area (Å²) in [5.74, 6) is 0.365. The molecule has 1 N–H and O–H groups in total. The molecule has 0 saturated heterocycles. The molecule has 0 aliphatic heterocycles. The van der Waals surface area contributed by atoms with Crippen molar-refractivity contribution in [3.8, 4) is 16.5 Å². The maximum absolute atomic E-state index is 13.0. The van der Waals surface area contributed by atoms with E-state index in [-0.39, 0.29) is 17.2 Å². The molecule has 0 bridgehead atoms. The molecule has 3 aromatic rings. The highest BCUT2D eigenvalue weighted by Crippen LogP contribution is 2.35. The van der Waals surface area contributed by atoms with Gasteiger partial charge in [-0.3, -0.25) is 4.79 Å². The van der Waals surface area contributed by atoms with Crippen LogP contribution in [0.3, 0.4) is 0 Å². The topological polar surface area (TPSA) is 69.0 Å². The quantitative estimate of drug-likeness (QED) is 0.479. The van der Waals surface area contributed by atoms with Gasteiger partial charge in [-0.15, -0.1) is 21.5 Å². The van der Waals surface area contributed by atoms with Gasteiger partial charge in [-0.05, 0) is 36.1 Å². The minimum absolute atomic E-state index is 0.0129. The van der Waals surface area contributed by atoms with Crippen LogP contribution in [0, 0.1) is 0 Å². The SMILES string of the molecule is CCCOc1ccc(C(F)(F)F)cc1NC(=O)CSc1nnc(-c2cccs2)n1C. The molecule has 2 heterocycles. The van der Waals surface area contributed by atoms with Crippen molar-refractivity contribution in [3.05, 3.63) is 41.3 Å². The van der Waals surface area contributed by atoms with Gasteiger partial charge < -0.3 is 14.6 Å². The number of alkyl halides is 3. The molecule has 0 atom stereocenters. The van der Waals surface area contributed by atoms with Crippen LogP contribution in [0.4, 0.5) is 18.9 Å². The molecule has 1 aromatic carbocycles. The number of thioether (sulfide) groups is 1. The Morgan fingerprint density at radius 1 is 1.30 bits per heavy atom. The lowest BCUT2D eigenvalue weighted by Crippen LogP contribution is -2.16. The molecule has 2 aromatic heterocycles. The van der Waals surface area contributed by atoms with E-state index in [1.54, 1.807) is 11.6 Å². The third-order valence-corrected chi connectivity index (χ3v) is 5.84. The second-order valence-electron chi connectivity index (χ2n) is 6.24. The van der Waals surface area contributed by atoms with Crippen molar-refractivity contribution >= 4 is 34.7 Å². The summed E-state index contributed by atoms with van der Waals surface area (Å²) in [6.07, 6.45) is -3.84. The Bertz CT molecular complexity index is 1000. The van der Waals surface area contributed by atoms with Gasteiger partial charge >= 0.3 is 6.18 Å². The Morgan fingerprint density at radius 3 is 2.77 bits per heavy atom. The Kier molecular flexibility index (Phi) is 7.03. The van der Waals surface area contributed by atoms with Crippen molar-refractivity contribution < 1.29 is 22.7 Å². The molecule has 0 aliphatic rings. The van der Waals surface area contributed by atoms with Gasteiger partial charge in [0, 0.05) is 7.05 Å². The Labute approximate surface area is 179 Å². The van der Waals surface area contributed by atoms with E-state index in [4.69, 9.17) is 4.74 Å². The summed E-state index contributed by atoms with van der Waals surface area (Å²) in [4.78, 5) is 13.3. The van der Waals surface area contributed by atoms with Gasteiger partial charge in [-0.2, -0.15) is 13.2 Å². The van der Waals surface area contributed by atoms with Gasteiger partial charge in [-0.25, -0.2) is 0 Å². The zero-order chi connectivity index (χ0) is 21.7. The molecule has 0 radical (unpaired) electrons. The fourth-order valence-electron chi connectivity index (χ4n) is 2.52. The first kappa shape index (κ1) is 22.2. The van der Waals surface area contributed by atoms with Gasteiger partial charge in [0.25, 0.3) is 0 Å². The average molecular weight is 457 g/mol. The predicted octanol–water partition coefficient (Wildman–Crippen LogP) is 5.08. The first-order chi connectivity index (χ1) is 14.3. The molecule has 0 aliphatic carbocycles. The number of aromatic nitrogens is 3. The smallest absolute Gasteiger partial charge is 0.416 e. The predicted molar refractivity (Wildman–Crippen MR) is 111 cm³/mol. The second-order valence-corrected chi connectivity index (χ2v) is 8.13. The lowest BCUT2D eigenvalue weighted by atomic mass is 10.1. The number of carbonyl (C=O) groups is 1. The number of rotatable bonds is 8. The summed E-state index contributed by atoms with van der Waals surface area (Å²) < 4.78 is 46.4. The van der Waals surface area contributed by atoms with Crippen LogP contribution in [-0.4, -0.2) is 33.0 Å². The van der Waals surface area contributed by atoms with Gasteiger partial charge in [0.2, 0.25) is 5.91 Å². The summed E-state index contributed by atoms with van der Waals surface area (Å²) in [6, 6.07) is 6.85. The van der Waals surface area contributed by atoms with Crippen LogP contribution < -0.4 is 10.1 Å². The Hall–Kier alpha value is -2.53. The van der Waals surface area contributed by atoms with Crippen LogP contribution in [0.2, 0.25) is 0 Å². The van der Waals surface area contributed by atoms with Gasteiger partial charge in [0.1, 0.15) is 5.75 Å². The van der Waals surface area contributed by atoms with Crippen molar-refractivity contribution in [3.63, 3.8) is 0 Å². The molecule has 160 valence electrons. The Balaban J connectivity index is 1.70. The molecule has 0 spiro atoms. The summed E-state index contributed by atoms with van der Waals surface area (Å²) in [5, 5.41) is 13.2. The lowest BCUT2D eigenvalue weighted by molar-refractivity contribution is -0.137. The fraction of sp³-hybridized carbons (Fsp3) is 0.316. The van der Waals surface area contributed by atoms with Crippen molar-refractivity contribution in [2.75, 3.05) is 17.7 Å². The van der Waals surface area contributed by atoms with Crippen LogP contribution in [0.25, 0.3) is 10.7 Å². The van der Waals surface area contributed by atoms with Gasteiger partial charge in [0.05, 0.1) is 28.5 Å². The number of hydrogen-bond donors (Lipinski definition) is 1. The highest BCUT2D eigenvalue weighted by molar-refractivity contribution is 7.99. The van der Waals surface area contributed by atoms with Crippen LogP contribution >= 0.6 is 23.1 Å². The summed E-state index contributed by atoms with van der Waals surface area (Å²) >= 11 is 2.67. The van der Waals surface area contributed by atoms with Crippen LogP contribution in [0.5, 0.6) is 5.75 Å². The molecule has 0 saturated carbocycles. The molecule has 0 unspecified atom stereocenters. The average Bonchev–Trinajstić information content (AvgIpc) is 3.34. The minimum atomic E-state index is -4.52. The van der Waals surface area contributed by atoms with E-state index in [1.165, 1.54) is 17.4 Å². The number of ether oxygens (including phenoxy) is 1. The van der Waals surface area contributed by atoms with E-state index in [1.807, 2.05) is 24.4 Å². The number of hydrogen-bond acceptors (Lipinski definition) is 6. The van der Waals surface area contributed by atoms with Gasteiger partial charge in [-0.1, -0.05) is 24.8 Å². The summed E-state index contributed by atoms with van der Waals surface area (Å²) in [7, 11) is 1.79. The third kappa shape index (κ3) is 5.33. The van der Waals surface area contributed by atoms with Gasteiger partial charge in [0.15, 0.2) is 11.0 Å². The zero-order valence-electron chi connectivity index (χ0n) is 16.2. The highest BCUT2D eigenvalue weighted by atomic mass is 32.2. The minimum Gasteiger partial charge on any atom is -0.491 e. The number of carbonyl (C=O) groups excluding carboxylic acids is 1. The molecular weight excluding hydrogens is 437 g/mol. The van der Waals surface area contributed by atoms with Crippen LogP contribution in [0.1, 0.15) is 18.9 Å². The fourth-order valence-corrected chi connectivity index (χ4v) is 3.97. The first-order valence-electron chi connectivity index (χ1n) is 8.99. The maximum atomic E-state index is 13.0. The zero-order valence-corrected chi connectivity index (χ0v) is 17.8. The number of nitrogens with one attached hydrogen (secondary N) is 1. The number of benzene rings is 1. The molecule has 6 nitrogen and oxygen atoms in total. The standard InChI is InChI=1S/C19H19F3N4O2S2/c1-3-8-28-14-7-6-12(19(20,21)22)10-13(14)23-16(27)11-30-18-25-24-17(26(18)2)15-5-4-9-29-15/h4-7,9-10H,3,8,11H2,1-2H3,(H,23,27). The number of nitrogens with zero attached hydrogens (tertiary/aromatic N) is 3. The van der Waals surface area contributed by atoms with Crippen molar-refractivity contribution in [2.24, 2.45) is 7.05 Å². The van der Waals surface area contributed by atoms with Crippen LogP contribution in [0.15, 0.2) is 40.9 Å². The van der Waals surface area contributed by atoms with E-state index in [2.05, 4.69) is 15.5 Å². The molecule has 1 amide bonds.